The topological polar surface area (TPSA) is 83.2 Å². The third-order valence-electron chi connectivity index (χ3n) is 5.61. The highest BCUT2D eigenvalue weighted by molar-refractivity contribution is 6.46. The van der Waals surface area contributed by atoms with Crippen molar-refractivity contribution in [1.29, 1.82) is 0 Å². The number of nitrogens with zero attached hydrogens (tertiary/aromatic N) is 2. The maximum absolute atomic E-state index is 13.1. The van der Waals surface area contributed by atoms with Crippen molar-refractivity contribution in [1.82, 2.24) is 4.90 Å². The lowest BCUT2D eigenvalue weighted by molar-refractivity contribution is -0.140. The van der Waals surface area contributed by atoms with Crippen LogP contribution in [0.15, 0.2) is 76.9 Å². The first kappa shape index (κ1) is 22.2. The van der Waals surface area contributed by atoms with Gasteiger partial charge in [-0.2, -0.15) is 0 Å². The van der Waals surface area contributed by atoms with E-state index in [0.717, 1.165) is 11.3 Å². The summed E-state index contributed by atoms with van der Waals surface area (Å²) in [5, 5.41) is 11.2. The number of hydrogen-bond donors (Lipinski definition) is 1. The van der Waals surface area contributed by atoms with Gasteiger partial charge < -0.3 is 24.1 Å². The van der Waals surface area contributed by atoms with Crippen LogP contribution in [0.2, 0.25) is 0 Å². The molecule has 1 aromatic heterocycles. The second-order valence-corrected chi connectivity index (χ2v) is 7.95. The maximum Gasteiger partial charge on any atom is 0.296 e. The molecule has 170 valence electrons. The Morgan fingerprint density at radius 1 is 1.06 bits per heavy atom. The Balaban J connectivity index is 1.81. The summed E-state index contributed by atoms with van der Waals surface area (Å²) in [6.07, 6.45) is 1.52. The van der Waals surface area contributed by atoms with E-state index in [4.69, 9.17) is 9.15 Å². The van der Waals surface area contributed by atoms with Crippen molar-refractivity contribution in [3.8, 4) is 5.75 Å². The minimum absolute atomic E-state index is 0.0494. The van der Waals surface area contributed by atoms with Gasteiger partial charge in [0.2, 0.25) is 0 Å². The van der Waals surface area contributed by atoms with E-state index >= 15 is 0 Å². The number of carbonyl (C=O) groups is 2. The normalized spacial score (nSPS) is 17.4. The van der Waals surface area contributed by atoms with Crippen LogP contribution in [0.4, 0.5) is 5.69 Å². The second kappa shape index (κ2) is 9.24. The number of hydrogen-bond acceptors (Lipinski definition) is 6. The first-order valence-corrected chi connectivity index (χ1v) is 10.7. The van der Waals surface area contributed by atoms with Crippen LogP contribution >= 0.6 is 0 Å². The van der Waals surface area contributed by atoms with E-state index in [1.165, 1.54) is 11.2 Å². The average molecular weight is 447 g/mol. The lowest BCUT2D eigenvalue weighted by atomic mass is 9.95. The summed E-state index contributed by atoms with van der Waals surface area (Å²) in [5.41, 5.74) is 2.18. The number of furan rings is 1. The molecule has 33 heavy (non-hydrogen) atoms. The molecule has 1 atom stereocenters. The van der Waals surface area contributed by atoms with Gasteiger partial charge in [-0.05, 0) is 61.0 Å². The molecule has 1 N–H and O–H groups in total. The zero-order chi connectivity index (χ0) is 23.5. The van der Waals surface area contributed by atoms with Gasteiger partial charge in [-0.25, -0.2) is 0 Å². The number of Topliss-reactive ketones (excluding diaryl/α,β-unsaturated/α-hetero) is 1. The number of anilines is 1. The fraction of sp³-hybridized carbons (Fsp3) is 0.231. The van der Waals surface area contributed by atoms with Gasteiger partial charge in [-0.15, -0.1) is 0 Å². The number of ketones is 1. The summed E-state index contributed by atoms with van der Waals surface area (Å²) in [4.78, 5) is 29.6. The summed E-state index contributed by atoms with van der Waals surface area (Å²) in [5.74, 6) is -0.425. The number of benzene rings is 2. The minimum atomic E-state index is -0.752. The Hall–Kier alpha value is -4.00. The number of ether oxygens (including phenoxy) is 1. The molecule has 1 amide bonds. The molecule has 1 fully saturated rings. The Morgan fingerprint density at radius 3 is 2.33 bits per heavy atom. The number of aliphatic hydroxyl groups excluding tert-OH is 1. The maximum atomic E-state index is 13.1. The van der Waals surface area contributed by atoms with Crippen LogP contribution in [0.25, 0.3) is 5.76 Å². The summed E-state index contributed by atoms with van der Waals surface area (Å²) < 4.78 is 10.9. The molecule has 2 aromatic carbocycles. The van der Waals surface area contributed by atoms with Crippen molar-refractivity contribution in [2.45, 2.75) is 19.5 Å². The molecule has 7 heteroatoms. The van der Waals surface area contributed by atoms with Crippen LogP contribution in [0.1, 0.15) is 29.9 Å². The molecule has 1 unspecified atom stereocenters. The summed E-state index contributed by atoms with van der Waals surface area (Å²) >= 11 is 0. The van der Waals surface area contributed by atoms with Crippen molar-refractivity contribution < 1.29 is 23.8 Å². The van der Waals surface area contributed by atoms with Crippen molar-refractivity contribution in [2.24, 2.45) is 0 Å². The van der Waals surface area contributed by atoms with Gasteiger partial charge in [0.25, 0.3) is 11.7 Å². The fourth-order valence-corrected chi connectivity index (χ4v) is 3.95. The van der Waals surface area contributed by atoms with Crippen molar-refractivity contribution in [2.75, 3.05) is 25.6 Å². The smallest absolute Gasteiger partial charge is 0.296 e. The van der Waals surface area contributed by atoms with Gasteiger partial charge in [-0.3, -0.25) is 9.59 Å². The molecule has 4 rings (SSSR count). The van der Waals surface area contributed by atoms with Gasteiger partial charge in [0.1, 0.15) is 17.3 Å². The highest BCUT2D eigenvalue weighted by Crippen LogP contribution is 2.40. The number of carbonyl (C=O) groups excluding carboxylic acids is 2. The van der Waals surface area contributed by atoms with Crippen LogP contribution in [0, 0.1) is 0 Å². The van der Waals surface area contributed by atoms with Crippen LogP contribution in [0.5, 0.6) is 5.75 Å². The third-order valence-corrected chi connectivity index (χ3v) is 5.61. The summed E-state index contributed by atoms with van der Waals surface area (Å²) in [6, 6.07) is 17.1. The third kappa shape index (κ3) is 4.35. The van der Waals surface area contributed by atoms with E-state index in [1.807, 2.05) is 50.2 Å². The fourth-order valence-electron chi connectivity index (χ4n) is 3.95. The highest BCUT2D eigenvalue weighted by atomic mass is 16.5. The molecule has 7 nitrogen and oxygen atoms in total. The molecule has 0 aliphatic carbocycles. The number of rotatable bonds is 7. The van der Waals surface area contributed by atoms with E-state index in [-0.39, 0.29) is 17.9 Å². The van der Waals surface area contributed by atoms with Crippen molar-refractivity contribution in [3.05, 3.63) is 89.4 Å². The van der Waals surface area contributed by atoms with Crippen LogP contribution in [-0.2, 0) is 16.1 Å². The average Bonchev–Trinajstić information content (AvgIpc) is 3.42. The predicted molar refractivity (Wildman–Crippen MR) is 125 cm³/mol. The van der Waals surface area contributed by atoms with Crippen LogP contribution in [-0.4, -0.2) is 42.4 Å². The monoisotopic (exact) mass is 446 g/mol. The Kier molecular flexibility index (Phi) is 6.22. The lowest BCUT2D eigenvalue weighted by Gasteiger charge is -2.25. The molecule has 0 bridgehead atoms. The van der Waals surface area contributed by atoms with E-state index < -0.39 is 17.7 Å². The molecule has 1 saturated heterocycles. The molecule has 1 aliphatic heterocycles. The van der Waals surface area contributed by atoms with E-state index in [9.17, 15) is 14.7 Å². The van der Waals surface area contributed by atoms with Gasteiger partial charge in [0.05, 0.1) is 31.0 Å². The zero-order valence-electron chi connectivity index (χ0n) is 18.8. The van der Waals surface area contributed by atoms with Gasteiger partial charge in [0, 0.05) is 25.3 Å². The lowest BCUT2D eigenvalue weighted by Crippen LogP contribution is -2.29. The first-order chi connectivity index (χ1) is 15.9. The quantitative estimate of drug-likeness (QED) is 0.330. The summed E-state index contributed by atoms with van der Waals surface area (Å²) in [7, 11) is 3.87. The highest BCUT2D eigenvalue weighted by Gasteiger charge is 2.46. The Bertz CT molecular complexity index is 1160. The molecular weight excluding hydrogens is 420 g/mol. The molecule has 3 aromatic rings. The largest absolute Gasteiger partial charge is 0.507 e. The SMILES string of the molecule is CCOc1ccc(C(O)=C2C(=O)C(=O)N(Cc3ccco3)C2c2ccc(N(C)C)cc2)cc1. The zero-order valence-corrected chi connectivity index (χ0v) is 18.8. The van der Waals surface area contributed by atoms with Crippen molar-refractivity contribution >= 4 is 23.1 Å². The second-order valence-electron chi connectivity index (χ2n) is 7.95. The molecule has 0 saturated carbocycles. The number of amides is 1. The first-order valence-electron chi connectivity index (χ1n) is 10.7. The molecule has 1 aliphatic rings. The standard InChI is InChI=1S/C26H26N2O5/c1-4-32-20-13-9-18(10-14-20)24(29)22-23(17-7-11-19(12-8-17)27(2)3)28(26(31)25(22)30)16-21-6-5-15-33-21/h5-15,23,29H,4,16H2,1-3H3. The Morgan fingerprint density at radius 2 is 1.76 bits per heavy atom. The van der Waals surface area contributed by atoms with E-state index in [2.05, 4.69) is 0 Å². The minimum Gasteiger partial charge on any atom is -0.507 e. The van der Waals surface area contributed by atoms with E-state index in [0.29, 0.717) is 23.7 Å². The van der Waals surface area contributed by atoms with Crippen molar-refractivity contribution in [3.63, 3.8) is 0 Å². The molecule has 0 spiro atoms. The number of aliphatic hydroxyl groups is 1. The van der Waals surface area contributed by atoms with Gasteiger partial charge in [-0.1, -0.05) is 12.1 Å². The summed E-state index contributed by atoms with van der Waals surface area (Å²) in [6.45, 7) is 2.51. The van der Waals surface area contributed by atoms with Gasteiger partial charge in [0.15, 0.2) is 0 Å². The van der Waals surface area contributed by atoms with Crippen LogP contribution < -0.4 is 9.64 Å². The predicted octanol–water partition coefficient (Wildman–Crippen LogP) is 4.37. The van der Waals surface area contributed by atoms with Crippen LogP contribution in [0.3, 0.4) is 0 Å². The molecular formula is C26H26N2O5. The van der Waals surface area contributed by atoms with E-state index in [1.54, 1.807) is 36.4 Å². The number of likely N-dealkylation sites (tertiary alicyclic amines) is 1. The Labute approximate surface area is 192 Å². The molecule has 0 radical (unpaired) electrons. The van der Waals surface area contributed by atoms with Gasteiger partial charge >= 0.3 is 0 Å². The molecule has 2 heterocycles.